The first-order valence-electron chi connectivity index (χ1n) is 1.18. The highest BCUT2D eigenvalue weighted by atomic mass is 19.3. The average Bonchev–Trinajstić information content (AvgIpc) is 1.35. The SMILES string of the molecule is O=[C]NC(F)F. The number of rotatable bonds is 2. The van der Waals surface area contributed by atoms with Gasteiger partial charge < -0.3 is 0 Å². The van der Waals surface area contributed by atoms with E-state index in [9.17, 15) is 8.78 Å². The lowest BCUT2D eigenvalue weighted by Crippen LogP contribution is -2.16. The van der Waals surface area contributed by atoms with Crippen molar-refractivity contribution in [2.75, 3.05) is 0 Å². The second-order valence-corrected chi connectivity index (χ2v) is 0.547. The normalized spacial score (nSPS) is 8.50. The Hall–Kier alpha value is -0.670. The second kappa shape index (κ2) is 2.56. The molecule has 0 saturated carbocycles. The van der Waals surface area contributed by atoms with Crippen LogP contribution in [0.1, 0.15) is 0 Å². The first-order valence-corrected chi connectivity index (χ1v) is 1.18. The lowest BCUT2D eigenvalue weighted by atomic mass is 11.1. The zero-order valence-corrected chi connectivity index (χ0v) is 2.74. The first kappa shape index (κ1) is 5.33. The Labute approximate surface area is 33.1 Å². The third kappa shape index (κ3) is 3.33. The van der Waals surface area contributed by atoms with Crippen molar-refractivity contribution < 1.29 is 13.6 Å². The highest BCUT2D eigenvalue weighted by Crippen LogP contribution is 1.78. The number of hydrogen-bond donors (Lipinski definition) is 1. The largest absolute Gasteiger partial charge is 0.315 e. The molecule has 0 aliphatic carbocycles. The van der Waals surface area contributed by atoms with E-state index < -0.39 is 6.55 Å². The summed E-state index contributed by atoms with van der Waals surface area (Å²) in [5, 5.41) is 1.07. The highest BCUT2D eigenvalue weighted by Gasteiger charge is 1.93. The molecule has 0 rings (SSSR count). The van der Waals surface area contributed by atoms with Crippen LogP contribution in [0.5, 0.6) is 0 Å². The summed E-state index contributed by atoms with van der Waals surface area (Å²) in [5.74, 6) is 0. The topological polar surface area (TPSA) is 29.1 Å². The minimum absolute atomic E-state index is 0.817. The van der Waals surface area contributed by atoms with Gasteiger partial charge in [-0.25, -0.2) is 0 Å². The Bertz CT molecular complexity index is 46.8. The monoisotopic (exact) mass is 94.0 g/mol. The molecule has 0 aliphatic heterocycles. The molecule has 1 N–H and O–H groups in total. The fourth-order valence-corrected chi connectivity index (χ4v) is 0.0445. The van der Waals surface area contributed by atoms with Crippen molar-refractivity contribution in [1.29, 1.82) is 0 Å². The first-order chi connectivity index (χ1) is 2.77. The van der Waals surface area contributed by atoms with Crippen LogP contribution in [-0.4, -0.2) is 13.0 Å². The highest BCUT2D eigenvalue weighted by molar-refractivity contribution is 5.46. The van der Waals surface area contributed by atoms with E-state index in [1.165, 1.54) is 0 Å². The molecule has 35 valence electrons. The van der Waals surface area contributed by atoms with Gasteiger partial charge in [0, 0.05) is 0 Å². The van der Waals surface area contributed by atoms with E-state index in [4.69, 9.17) is 4.79 Å². The number of amides is 1. The molecule has 1 radical (unpaired) electrons. The lowest BCUT2D eigenvalue weighted by molar-refractivity contribution is 0.131. The number of hydrogen-bond acceptors (Lipinski definition) is 1. The Morgan fingerprint density at radius 1 is 1.67 bits per heavy atom. The Balaban J connectivity index is 2.81. The van der Waals surface area contributed by atoms with Crippen molar-refractivity contribution >= 4 is 6.41 Å². The van der Waals surface area contributed by atoms with Gasteiger partial charge in [-0.3, -0.25) is 10.1 Å². The summed E-state index contributed by atoms with van der Waals surface area (Å²) in [5.41, 5.74) is 0. The van der Waals surface area contributed by atoms with Crippen LogP contribution in [0.15, 0.2) is 0 Å². The van der Waals surface area contributed by atoms with Crippen LogP contribution in [0, 0.1) is 0 Å². The molecule has 2 nitrogen and oxygen atoms in total. The van der Waals surface area contributed by atoms with E-state index in [0.717, 1.165) is 11.7 Å². The van der Waals surface area contributed by atoms with Crippen molar-refractivity contribution in [2.45, 2.75) is 6.55 Å². The zero-order valence-electron chi connectivity index (χ0n) is 2.74. The second-order valence-electron chi connectivity index (χ2n) is 0.547. The fraction of sp³-hybridized carbons (Fsp3) is 0.500. The molecule has 0 aliphatic rings. The fourth-order valence-electron chi connectivity index (χ4n) is 0.0445. The standard InChI is InChI=1S/C2H2F2NO/c3-2(4)5-1-6/h2H,(H,5,6). The molecule has 0 heterocycles. The minimum Gasteiger partial charge on any atom is -0.292 e. The molecule has 0 unspecified atom stereocenters. The third-order valence-electron chi connectivity index (χ3n) is 0.168. The summed E-state index contributed by atoms with van der Waals surface area (Å²) >= 11 is 0. The van der Waals surface area contributed by atoms with E-state index >= 15 is 0 Å². The predicted molar refractivity (Wildman–Crippen MR) is 14.8 cm³/mol. The van der Waals surface area contributed by atoms with Crippen molar-refractivity contribution in [3.05, 3.63) is 0 Å². The molecule has 0 aromatic heterocycles. The van der Waals surface area contributed by atoms with Gasteiger partial charge in [-0.2, -0.15) is 8.78 Å². The predicted octanol–water partition coefficient (Wildman–Crippen LogP) is -0.134. The Morgan fingerprint density at radius 2 is 2.17 bits per heavy atom. The van der Waals surface area contributed by atoms with Crippen molar-refractivity contribution in [1.82, 2.24) is 5.32 Å². The number of halogens is 2. The molecule has 0 saturated heterocycles. The quantitative estimate of drug-likeness (QED) is 0.374. The molecule has 0 bridgehead atoms. The van der Waals surface area contributed by atoms with E-state index in [0.29, 0.717) is 0 Å². The van der Waals surface area contributed by atoms with Gasteiger partial charge in [-0.1, -0.05) is 0 Å². The number of alkyl halides is 2. The van der Waals surface area contributed by atoms with Crippen LogP contribution in [0.4, 0.5) is 8.78 Å². The summed E-state index contributed by atoms with van der Waals surface area (Å²) in [6, 6.07) is 0. The smallest absolute Gasteiger partial charge is 0.292 e. The summed E-state index contributed by atoms with van der Waals surface area (Å²) in [6.07, 6.45) is 0.817. The third-order valence-corrected chi connectivity index (χ3v) is 0.168. The van der Waals surface area contributed by atoms with Crippen molar-refractivity contribution in [2.24, 2.45) is 0 Å². The maximum Gasteiger partial charge on any atom is 0.315 e. The molecule has 0 aromatic rings. The van der Waals surface area contributed by atoms with Crippen LogP contribution in [-0.2, 0) is 4.79 Å². The molecule has 0 atom stereocenters. The van der Waals surface area contributed by atoms with Gasteiger partial charge in [0.05, 0.1) is 0 Å². The van der Waals surface area contributed by atoms with Crippen LogP contribution in [0.2, 0.25) is 0 Å². The van der Waals surface area contributed by atoms with Crippen LogP contribution in [0.25, 0.3) is 0 Å². The van der Waals surface area contributed by atoms with Crippen molar-refractivity contribution in [3.63, 3.8) is 0 Å². The summed E-state index contributed by atoms with van der Waals surface area (Å²) in [4.78, 5) is 8.90. The molecular weight excluding hydrogens is 92.0 g/mol. The maximum atomic E-state index is 10.7. The van der Waals surface area contributed by atoms with Crippen LogP contribution >= 0.6 is 0 Å². The molecular formula is C2H2F2NO. The maximum absolute atomic E-state index is 10.7. The molecule has 1 amide bonds. The summed E-state index contributed by atoms with van der Waals surface area (Å²) in [6.45, 7) is -2.78. The Morgan fingerprint density at radius 3 is 2.17 bits per heavy atom. The summed E-state index contributed by atoms with van der Waals surface area (Å²) < 4.78 is 21.3. The number of nitrogens with one attached hydrogen (secondary N) is 1. The Kier molecular flexibility index (Phi) is 2.27. The van der Waals surface area contributed by atoms with Gasteiger partial charge in [-0.05, 0) is 0 Å². The van der Waals surface area contributed by atoms with E-state index in [2.05, 4.69) is 0 Å². The minimum atomic E-state index is -2.78. The number of carbonyl (C=O) groups excluding carboxylic acids is 1. The molecule has 0 fully saturated rings. The zero-order chi connectivity index (χ0) is 4.99. The molecule has 0 aromatic carbocycles. The van der Waals surface area contributed by atoms with Crippen LogP contribution in [0.3, 0.4) is 0 Å². The van der Waals surface area contributed by atoms with Gasteiger partial charge in [0.1, 0.15) is 0 Å². The average molecular weight is 94.0 g/mol. The van der Waals surface area contributed by atoms with E-state index in [1.807, 2.05) is 0 Å². The van der Waals surface area contributed by atoms with Gasteiger partial charge in [0.25, 0.3) is 0 Å². The summed E-state index contributed by atoms with van der Waals surface area (Å²) in [7, 11) is 0. The van der Waals surface area contributed by atoms with Gasteiger partial charge in [-0.15, -0.1) is 0 Å². The van der Waals surface area contributed by atoms with Crippen molar-refractivity contribution in [3.8, 4) is 0 Å². The van der Waals surface area contributed by atoms with Gasteiger partial charge in [0.15, 0.2) is 0 Å². The molecule has 6 heavy (non-hydrogen) atoms. The van der Waals surface area contributed by atoms with E-state index in [1.54, 1.807) is 0 Å². The van der Waals surface area contributed by atoms with E-state index in [-0.39, 0.29) is 0 Å². The van der Waals surface area contributed by atoms with Gasteiger partial charge in [0.2, 0.25) is 0 Å². The van der Waals surface area contributed by atoms with Crippen LogP contribution < -0.4 is 5.32 Å². The lowest BCUT2D eigenvalue weighted by Gasteiger charge is -1.86. The van der Waals surface area contributed by atoms with Gasteiger partial charge >= 0.3 is 13.0 Å². The molecule has 4 heteroatoms. The molecule has 0 spiro atoms.